The van der Waals surface area contributed by atoms with Gasteiger partial charge < -0.3 is 15.0 Å². The maximum Gasteiger partial charge on any atom is 0.317 e. The molecule has 2 heterocycles. The van der Waals surface area contributed by atoms with E-state index in [0.717, 1.165) is 51.6 Å². The fourth-order valence-corrected chi connectivity index (χ4v) is 3.68. The molecule has 1 N–H and O–H groups in total. The smallest absolute Gasteiger partial charge is 0.317 e. The van der Waals surface area contributed by atoms with Crippen molar-refractivity contribution in [1.82, 2.24) is 25.2 Å². The zero-order chi connectivity index (χ0) is 16.1. The first-order chi connectivity index (χ1) is 11.3. The van der Waals surface area contributed by atoms with Gasteiger partial charge in [0, 0.05) is 32.9 Å². The molecule has 0 aromatic carbocycles. The molecule has 1 aliphatic carbocycles. The maximum atomic E-state index is 12.4. The van der Waals surface area contributed by atoms with Crippen molar-refractivity contribution in [3.8, 4) is 0 Å². The number of hydrogen-bond donors (Lipinski definition) is 1. The molecule has 7 nitrogen and oxygen atoms in total. The van der Waals surface area contributed by atoms with Crippen LogP contribution in [0.4, 0.5) is 4.79 Å². The topological polar surface area (TPSA) is 72.3 Å². The van der Waals surface area contributed by atoms with Gasteiger partial charge in [-0.1, -0.05) is 5.21 Å². The van der Waals surface area contributed by atoms with Gasteiger partial charge in [-0.2, -0.15) is 0 Å². The van der Waals surface area contributed by atoms with E-state index in [2.05, 4.69) is 15.6 Å². The first-order valence-electron chi connectivity index (χ1n) is 8.67. The van der Waals surface area contributed by atoms with Gasteiger partial charge in [-0.25, -0.2) is 9.48 Å². The quantitative estimate of drug-likeness (QED) is 0.918. The van der Waals surface area contributed by atoms with E-state index in [9.17, 15) is 4.79 Å². The summed E-state index contributed by atoms with van der Waals surface area (Å²) in [5.41, 5.74) is 0. The molecule has 1 aliphatic heterocycles. The molecule has 1 saturated heterocycles. The minimum absolute atomic E-state index is 0.0590. The van der Waals surface area contributed by atoms with Crippen molar-refractivity contribution in [2.45, 2.75) is 50.7 Å². The van der Waals surface area contributed by atoms with Gasteiger partial charge in [-0.05, 0) is 44.4 Å². The SMILES string of the molecule is COC1CCC(CNC(=O)N2CCCC(n3ccnn3)C2)CC1. The Morgan fingerprint density at radius 2 is 2.13 bits per heavy atom. The molecule has 2 fully saturated rings. The van der Waals surface area contributed by atoms with Crippen LogP contribution in [0.25, 0.3) is 0 Å². The molecule has 1 unspecified atom stereocenters. The van der Waals surface area contributed by atoms with Crippen LogP contribution in [0.5, 0.6) is 0 Å². The lowest BCUT2D eigenvalue weighted by atomic mass is 9.87. The summed E-state index contributed by atoms with van der Waals surface area (Å²) in [4.78, 5) is 14.3. The lowest BCUT2D eigenvalue weighted by Gasteiger charge is -2.33. The number of carbonyl (C=O) groups is 1. The van der Waals surface area contributed by atoms with Crippen LogP contribution in [0.2, 0.25) is 0 Å². The average Bonchev–Trinajstić information content (AvgIpc) is 3.15. The van der Waals surface area contributed by atoms with Crippen LogP contribution >= 0.6 is 0 Å². The number of ether oxygens (including phenoxy) is 1. The number of piperidine rings is 1. The third-order valence-electron chi connectivity index (χ3n) is 5.17. The normalized spacial score (nSPS) is 28.6. The van der Waals surface area contributed by atoms with Crippen LogP contribution in [0.15, 0.2) is 12.4 Å². The molecule has 2 aliphatic rings. The number of methoxy groups -OCH3 is 1. The van der Waals surface area contributed by atoms with E-state index in [4.69, 9.17) is 4.74 Å². The molecule has 0 spiro atoms. The highest BCUT2D eigenvalue weighted by molar-refractivity contribution is 5.74. The van der Waals surface area contributed by atoms with Crippen molar-refractivity contribution in [2.24, 2.45) is 5.92 Å². The molecule has 1 aromatic rings. The van der Waals surface area contributed by atoms with E-state index < -0.39 is 0 Å². The molecule has 23 heavy (non-hydrogen) atoms. The number of urea groups is 1. The third kappa shape index (κ3) is 4.22. The van der Waals surface area contributed by atoms with E-state index in [1.807, 2.05) is 15.8 Å². The van der Waals surface area contributed by atoms with Gasteiger partial charge in [0.15, 0.2) is 0 Å². The summed E-state index contributed by atoms with van der Waals surface area (Å²) in [6.45, 7) is 2.32. The first-order valence-corrected chi connectivity index (χ1v) is 8.67. The predicted octanol–water partition coefficient (Wildman–Crippen LogP) is 1.83. The van der Waals surface area contributed by atoms with E-state index in [1.165, 1.54) is 0 Å². The molecular formula is C16H27N5O2. The molecule has 7 heteroatoms. The molecule has 128 valence electrons. The predicted molar refractivity (Wildman–Crippen MR) is 86.0 cm³/mol. The summed E-state index contributed by atoms with van der Waals surface area (Å²) in [5, 5.41) is 11.0. The van der Waals surface area contributed by atoms with Crippen LogP contribution in [0.3, 0.4) is 0 Å². The monoisotopic (exact) mass is 321 g/mol. The molecule has 1 atom stereocenters. The Kier molecular flexibility index (Phi) is 5.48. The zero-order valence-corrected chi connectivity index (χ0v) is 13.9. The lowest BCUT2D eigenvalue weighted by Crippen LogP contribution is -2.47. The van der Waals surface area contributed by atoms with E-state index in [0.29, 0.717) is 18.6 Å². The van der Waals surface area contributed by atoms with Crippen molar-refractivity contribution in [1.29, 1.82) is 0 Å². The van der Waals surface area contributed by atoms with Crippen molar-refractivity contribution in [2.75, 3.05) is 26.7 Å². The van der Waals surface area contributed by atoms with Crippen molar-refractivity contribution in [3.05, 3.63) is 12.4 Å². The second-order valence-corrected chi connectivity index (χ2v) is 6.69. The van der Waals surface area contributed by atoms with Gasteiger partial charge in [0.1, 0.15) is 0 Å². The number of hydrogen-bond acceptors (Lipinski definition) is 4. The second-order valence-electron chi connectivity index (χ2n) is 6.69. The molecule has 0 radical (unpaired) electrons. The number of rotatable bonds is 4. The number of amides is 2. The highest BCUT2D eigenvalue weighted by atomic mass is 16.5. The van der Waals surface area contributed by atoms with Crippen LogP contribution in [0.1, 0.15) is 44.6 Å². The minimum Gasteiger partial charge on any atom is -0.381 e. The fraction of sp³-hybridized carbons (Fsp3) is 0.812. The van der Waals surface area contributed by atoms with Gasteiger partial charge in [0.2, 0.25) is 0 Å². The van der Waals surface area contributed by atoms with Crippen LogP contribution in [0, 0.1) is 5.92 Å². The molecule has 1 saturated carbocycles. The standard InChI is InChI=1S/C16H27N5O2/c1-23-15-6-4-13(5-7-15)11-17-16(22)20-9-2-3-14(12-20)21-10-8-18-19-21/h8,10,13-15H,2-7,9,11-12H2,1H3,(H,17,22). The number of aromatic nitrogens is 3. The van der Waals surface area contributed by atoms with Gasteiger partial charge in [0.05, 0.1) is 18.3 Å². The molecule has 1 aromatic heterocycles. The summed E-state index contributed by atoms with van der Waals surface area (Å²) in [6.07, 6.45) is 10.5. The lowest BCUT2D eigenvalue weighted by molar-refractivity contribution is 0.0568. The number of carbonyl (C=O) groups excluding carboxylic acids is 1. The summed E-state index contributed by atoms with van der Waals surface area (Å²) < 4.78 is 7.27. The van der Waals surface area contributed by atoms with Crippen molar-refractivity contribution < 1.29 is 9.53 Å². The molecule has 3 rings (SSSR count). The summed E-state index contributed by atoms with van der Waals surface area (Å²) in [5.74, 6) is 0.584. The Hall–Kier alpha value is -1.63. The largest absolute Gasteiger partial charge is 0.381 e. The molecule has 2 amide bonds. The number of nitrogens with zero attached hydrogens (tertiary/aromatic N) is 4. The number of likely N-dealkylation sites (tertiary alicyclic amines) is 1. The van der Waals surface area contributed by atoms with Gasteiger partial charge in [-0.3, -0.25) is 0 Å². The average molecular weight is 321 g/mol. The Balaban J connectivity index is 1.43. The van der Waals surface area contributed by atoms with Gasteiger partial charge >= 0.3 is 6.03 Å². The highest BCUT2D eigenvalue weighted by Gasteiger charge is 2.26. The van der Waals surface area contributed by atoms with Gasteiger partial charge in [-0.15, -0.1) is 5.10 Å². The van der Waals surface area contributed by atoms with Crippen molar-refractivity contribution in [3.63, 3.8) is 0 Å². The van der Waals surface area contributed by atoms with Crippen LogP contribution in [-0.4, -0.2) is 58.8 Å². The Bertz CT molecular complexity index is 485. The van der Waals surface area contributed by atoms with E-state index in [-0.39, 0.29) is 12.1 Å². The van der Waals surface area contributed by atoms with E-state index >= 15 is 0 Å². The summed E-state index contributed by atoms with van der Waals surface area (Å²) in [6, 6.07) is 0.304. The van der Waals surface area contributed by atoms with Crippen LogP contribution < -0.4 is 5.32 Å². The minimum atomic E-state index is 0.0590. The molecule has 0 bridgehead atoms. The molecular weight excluding hydrogens is 294 g/mol. The maximum absolute atomic E-state index is 12.4. The second kappa shape index (κ2) is 7.77. The van der Waals surface area contributed by atoms with Crippen LogP contribution in [-0.2, 0) is 4.74 Å². The summed E-state index contributed by atoms with van der Waals surface area (Å²) >= 11 is 0. The Morgan fingerprint density at radius 1 is 1.30 bits per heavy atom. The zero-order valence-electron chi connectivity index (χ0n) is 13.9. The van der Waals surface area contributed by atoms with Gasteiger partial charge in [0.25, 0.3) is 0 Å². The Morgan fingerprint density at radius 3 is 2.83 bits per heavy atom. The first kappa shape index (κ1) is 16.2. The summed E-state index contributed by atoms with van der Waals surface area (Å²) in [7, 11) is 1.79. The third-order valence-corrected chi connectivity index (χ3v) is 5.17. The van der Waals surface area contributed by atoms with Crippen molar-refractivity contribution >= 4 is 6.03 Å². The fourth-order valence-electron chi connectivity index (χ4n) is 3.68. The Labute approximate surface area is 137 Å². The van der Waals surface area contributed by atoms with E-state index in [1.54, 1.807) is 13.3 Å². The number of nitrogens with one attached hydrogen (secondary N) is 1. The highest BCUT2D eigenvalue weighted by Crippen LogP contribution is 2.25.